The second-order valence-electron chi connectivity index (χ2n) is 7.53. The van der Waals surface area contributed by atoms with Gasteiger partial charge in [0, 0.05) is 29.4 Å². The minimum Gasteiger partial charge on any atom is -0.338 e. The summed E-state index contributed by atoms with van der Waals surface area (Å²) in [7, 11) is 0. The minimum atomic E-state index is -0.219. The second kappa shape index (κ2) is 9.14. The average Bonchev–Trinajstić information content (AvgIpc) is 2.80. The van der Waals surface area contributed by atoms with Crippen molar-refractivity contribution in [3.63, 3.8) is 0 Å². The van der Waals surface area contributed by atoms with Gasteiger partial charge in [-0.05, 0) is 60.4 Å². The van der Waals surface area contributed by atoms with Crippen LogP contribution in [-0.2, 0) is 4.79 Å². The molecule has 4 rings (SSSR count). The Morgan fingerprint density at radius 2 is 1.53 bits per heavy atom. The van der Waals surface area contributed by atoms with Gasteiger partial charge in [-0.3, -0.25) is 9.59 Å². The van der Waals surface area contributed by atoms with Crippen LogP contribution >= 0.6 is 11.6 Å². The summed E-state index contributed by atoms with van der Waals surface area (Å²) < 4.78 is 0. The van der Waals surface area contributed by atoms with E-state index < -0.39 is 0 Å². The molecule has 2 amide bonds. The highest BCUT2D eigenvalue weighted by Crippen LogP contribution is 2.24. The van der Waals surface area contributed by atoms with E-state index in [1.54, 1.807) is 29.2 Å². The molecular formula is C25H23ClN2O2. The summed E-state index contributed by atoms with van der Waals surface area (Å²) in [5, 5.41) is 3.60. The van der Waals surface area contributed by atoms with E-state index in [-0.39, 0.29) is 17.7 Å². The third-order valence-corrected chi connectivity index (χ3v) is 5.68. The van der Waals surface area contributed by atoms with Crippen molar-refractivity contribution >= 4 is 29.1 Å². The summed E-state index contributed by atoms with van der Waals surface area (Å²) in [5.41, 5.74) is 3.60. The third-order valence-electron chi connectivity index (χ3n) is 5.43. The van der Waals surface area contributed by atoms with Crippen LogP contribution in [0.25, 0.3) is 11.1 Å². The molecule has 0 unspecified atom stereocenters. The molecule has 5 heteroatoms. The number of carbonyl (C=O) groups excluding carboxylic acids is 2. The van der Waals surface area contributed by atoms with E-state index in [0.717, 1.165) is 29.7 Å². The molecule has 4 nitrogen and oxygen atoms in total. The molecule has 0 radical (unpaired) electrons. The van der Waals surface area contributed by atoms with E-state index in [9.17, 15) is 9.59 Å². The lowest BCUT2D eigenvalue weighted by molar-refractivity contribution is -0.121. The molecule has 1 heterocycles. The molecule has 30 heavy (non-hydrogen) atoms. The maximum absolute atomic E-state index is 12.8. The molecule has 152 valence electrons. The van der Waals surface area contributed by atoms with Crippen LogP contribution in [0.4, 0.5) is 5.69 Å². The van der Waals surface area contributed by atoms with Gasteiger partial charge >= 0.3 is 0 Å². The summed E-state index contributed by atoms with van der Waals surface area (Å²) in [5.74, 6) is -0.323. The summed E-state index contributed by atoms with van der Waals surface area (Å²) in [4.78, 5) is 27.3. The predicted molar refractivity (Wildman–Crippen MR) is 121 cm³/mol. The Morgan fingerprint density at radius 3 is 2.23 bits per heavy atom. The van der Waals surface area contributed by atoms with Gasteiger partial charge in [-0.15, -0.1) is 0 Å². The Morgan fingerprint density at radius 1 is 0.867 bits per heavy atom. The number of hydrogen-bond donors (Lipinski definition) is 1. The summed E-state index contributed by atoms with van der Waals surface area (Å²) >= 11 is 5.91. The Labute approximate surface area is 181 Å². The van der Waals surface area contributed by atoms with Gasteiger partial charge in [0.05, 0.1) is 5.92 Å². The smallest absolute Gasteiger partial charge is 0.253 e. The SMILES string of the molecule is O=C(Nc1ccc(-c2ccccc2)cc1)[C@@H]1CCCN(C(=O)c2ccc(Cl)cc2)C1. The molecule has 0 aromatic heterocycles. The van der Waals surface area contributed by atoms with Crippen LogP contribution in [0.1, 0.15) is 23.2 Å². The quantitative estimate of drug-likeness (QED) is 0.608. The third kappa shape index (κ3) is 4.71. The fraction of sp³-hybridized carbons (Fsp3) is 0.200. The largest absolute Gasteiger partial charge is 0.338 e. The van der Waals surface area contributed by atoms with Gasteiger partial charge in [0.1, 0.15) is 0 Å². The van der Waals surface area contributed by atoms with Crippen LogP contribution in [0.2, 0.25) is 5.02 Å². The van der Waals surface area contributed by atoms with E-state index in [2.05, 4.69) is 17.4 Å². The molecule has 1 fully saturated rings. The van der Waals surface area contributed by atoms with Crippen molar-refractivity contribution in [2.45, 2.75) is 12.8 Å². The molecule has 3 aromatic carbocycles. The summed E-state index contributed by atoms with van der Waals surface area (Å²) in [6.07, 6.45) is 1.59. The van der Waals surface area contributed by atoms with Gasteiger partial charge in [0.2, 0.25) is 5.91 Å². The summed E-state index contributed by atoms with van der Waals surface area (Å²) in [6, 6.07) is 24.8. The molecule has 1 atom stereocenters. The Kier molecular flexibility index (Phi) is 6.15. The number of piperidine rings is 1. The number of rotatable bonds is 4. The van der Waals surface area contributed by atoms with Gasteiger partial charge in [-0.2, -0.15) is 0 Å². The monoisotopic (exact) mass is 418 g/mol. The van der Waals surface area contributed by atoms with Crippen molar-refractivity contribution in [2.24, 2.45) is 5.92 Å². The van der Waals surface area contributed by atoms with Crippen molar-refractivity contribution in [1.29, 1.82) is 0 Å². The number of carbonyl (C=O) groups is 2. The van der Waals surface area contributed by atoms with E-state index in [4.69, 9.17) is 11.6 Å². The zero-order valence-corrected chi connectivity index (χ0v) is 17.3. The zero-order valence-electron chi connectivity index (χ0n) is 16.6. The molecule has 1 aliphatic rings. The lowest BCUT2D eigenvalue weighted by atomic mass is 9.96. The minimum absolute atomic E-state index is 0.0453. The number of likely N-dealkylation sites (tertiary alicyclic amines) is 1. The Hall–Kier alpha value is -3.11. The number of halogens is 1. The number of nitrogens with one attached hydrogen (secondary N) is 1. The van der Waals surface area contributed by atoms with Gasteiger partial charge in [-0.1, -0.05) is 54.1 Å². The van der Waals surface area contributed by atoms with Crippen LogP contribution in [0, 0.1) is 5.92 Å². The first-order valence-electron chi connectivity index (χ1n) is 10.1. The molecule has 1 N–H and O–H groups in total. The van der Waals surface area contributed by atoms with Crippen LogP contribution in [0.15, 0.2) is 78.9 Å². The van der Waals surface area contributed by atoms with Crippen LogP contribution < -0.4 is 5.32 Å². The van der Waals surface area contributed by atoms with Crippen molar-refractivity contribution in [3.8, 4) is 11.1 Å². The van der Waals surface area contributed by atoms with Crippen LogP contribution in [0.5, 0.6) is 0 Å². The standard InChI is InChI=1S/C25H23ClN2O2/c26-22-12-8-20(9-13-22)25(30)28-16-4-7-21(17-28)24(29)27-23-14-10-19(11-15-23)18-5-2-1-3-6-18/h1-3,5-6,8-15,21H,4,7,16-17H2,(H,27,29)/t21-/m1/s1. The first kappa shape index (κ1) is 20.2. The number of benzene rings is 3. The fourth-order valence-corrected chi connectivity index (χ4v) is 3.90. The zero-order chi connectivity index (χ0) is 20.9. The van der Waals surface area contributed by atoms with E-state index >= 15 is 0 Å². The Bertz CT molecular complexity index is 1020. The van der Waals surface area contributed by atoms with Crippen molar-refractivity contribution < 1.29 is 9.59 Å². The van der Waals surface area contributed by atoms with Crippen molar-refractivity contribution in [3.05, 3.63) is 89.4 Å². The lowest BCUT2D eigenvalue weighted by Crippen LogP contribution is -2.43. The molecule has 1 aliphatic heterocycles. The molecule has 0 spiro atoms. The number of hydrogen-bond acceptors (Lipinski definition) is 2. The van der Waals surface area contributed by atoms with Crippen LogP contribution in [0.3, 0.4) is 0 Å². The first-order chi connectivity index (χ1) is 14.6. The van der Waals surface area contributed by atoms with Gasteiger partial charge in [-0.25, -0.2) is 0 Å². The molecule has 0 aliphatic carbocycles. The normalized spacial score (nSPS) is 16.2. The molecule has 3 aromatic rings. The maximum Gasteiger partial charge on any atom is 0.253 e. The van der Waals surface area contributed by atoms with E-state index in [1.165, 1.54) is 0 Å². The fourth-order valence-electron chi connectivity index (χ4n) is 3.77. The second-order valence-corrected chi connectivity index (χ2v) is 7.97. The van der Waals surface area contributed by atoms with Crippen LogP contribution in [-0.4, -0.2) is 29.8 Å². The number of nitrogens with zero attached hydrogens (tertiary/aromatic N) is 1. The molecule has 1 saturated heterocycles. The van der Waals surface area contributed by atoms with Crippen molar-refractivity contribution in [2.75, 3.05) is 18.4 Å². The van der Waals surface area contributed by atoms with Gasteiger partial charge < -0.3 is 10.2 Å². The number of anilines is 1. The average molecular weight is 419 g/mol. The summed E-state index contributed by atoms with van der Waals surface area (Å²) in [6.45, 7) is 1.09. The van der Waals surface area contributed by atoms with E-state index in [1.807, 2.05) is 42.5 Å². The number of amides is 2. The van der Waals surface area contributed by atoms with Gasteiger partial charge in [0.15, 0.2) is 0 Å². The topological polar surface area (TPSA) is 49.4 Å². The highest BCUT2D eigenvalue weighted by Gasteiger charge is 2.29. The van der Waals surface area contributed by atoms with E-state index in [0.29, 0.717) is 23.7 Å². The van der Waals surface area contributed by atoms with Crippen molar-refractivity contribution in [1.82, 2.24) is 4.90 Å². The molecule has 0 bridgehead atoms. The van der Waals surface area contributed by atoms with Gasteiger partial charge in [0.25, 0.3) is 5.91 Å². The highest BCUT2D eigenvalue weighted by atomic mass is 35.5. The Balaban J connectivity index is 1.38. The molecule has 0 saturated carbocycles. The predicted octanol–water partition coefficient (Wildman–Crippen LogP) is 5.50. The molecular weight excluding hydrogens is 396 g/mol. The lowest BCUT2D eigenvalue weighted by Gasteiger charge is -2.32. The maximum atomic E-state index is 12.8. The first-order valence-corrected chi connectivity index (χ1v) is 10.5. The highest BCUT2D eigenvalue weighted by molar-refractivity contribution is 6.30.